The van der Waals surface area contributed by atoms with Crippen LogP contribution in [-0.2, 0) is 4.84 Å². The average Bonchev–Trinajstić information content (AvgIpc) is 2.52. The topological polar surface area (TPSA) is 85.4 Å². The van der Waals surface area contributed by atoms with Crippen LogP contribution in [0.4, 0.5) is 5.69 Å². The lowest BCUT2D eigenvalue weighted by atomic mass is 10.1. The molecule has 0 saturated heterocycles. The Morgan fingerprint density at radius 3 is 2.57 bits per heavy atom. The third-order valence-corrected chi connectivity index (χ3v) is 2.96. The highest BCUT2D eigenvalue weighted by Gasteiger charge is 2.11. The largest absolute Gasteiger partial charge is 0.384 e. The summed E-state index contributed by atoms with van der Waals surface area (Å²) >= 11 is 0. The Hall–Kier alpha value is -2.63. The smallest absolute Gasteiger partial charge is 0.188 e. The van der Waals surface area contributed by atoms with Crippen molar-refractivity contribution in [2.45, 2.75) is 39.3 Å². The monoisotopic (exact) mass is 313 g/mol. The van der Waals surface area contributed by atoms with Gasteiger partial charge in [-0.1, -0.05) is 11.2 Å². The molecule has 0 aromatic carbocycles. The van der Waals surface area contributed by atoms with Gasteiger partial charge in [-0.2, -0.15) is 0 Å². The van der Waals surface area contributed by atoms with Crippen molar-refractivity contribution in [1.82, 2.24) is 9.97 Å². The molecule has 0 aliphatic rings. The lowest BCUT2D eigenvalue weighted by Crippen LogP contribution is -2.26. The van der Waals surface area contributed by atoms with E-state index in [-0.39, 0.29) is 17.5 Å². The van der Waals surface area contributed by atoms with E-state index in [1.165, 1.54) is 0 Å². The lowest BCUT2D eigenvalue weighted by molar-refractivity contribution is 0.0691. The Balaban J connectivity index is 2.01. The first-order valence-corrected chi connectivity index (χ1v) is 7.50. The number of pyridine rings is 2. The van der Waals surface area contributed by atoms with E-state index >= 15 is 0 Å². The molecular formula is C17H23N5O. The van der Waals surface area contributed by atoms with E-state index in [1.807, 2.05) is 37.3 Å². The van der Waals surface area contributed by atoms with Crippen LogP contribution in [0.3, 0.4) is 0 Å². The second-order valence-electron chi connectivity index (χ2n) is 6.29. The maximum atomic E-state index is 5.92. The molecule has 1 unspecified atom stereocenters. The predicted octanol–water partition coefficient (Wildman–Crippen LogP) is 3.09. The van der Waals surface area contributed by atoms with Gasteiger partial charge in [0.25, 0.3) is 0 Å². The summed E-state index contributed by atoms with van der Waals surface area (Å²) in [6, 6.07) is 9.35. The number of aromatic nitrogens is 2. The summed E-state index contributed by atoms with van der Waals surface area (Å²) in [5.74, 6) is 0.232. The van der Waals surface area contributed by atoms with Crippen LogP contribution in [-0.4, -0.2) is 21.3 Å². The lowest BCUT2D eigenvalue weighted by Gasteiger charge is -2.21. The van der Waals surface area contributed by atoms with Crippen molar-refractivity contribution in [2.75, 3.05) is 5.32 Å². The van der Waals surface area contributed by atoms with Gasteiger partial charge >= 0.3 is 0 Å². The zero-order valence-electron chi connectivity index (χ0n) is 13.9. The fraction of sp³-hybridized carbons (Fsp3) is 0.353. The van der Waals surface area contributed by atoms with E-state index < -0.39 is 0 Å². The first-order valence-electron chi connectivity index (χ1n) is 7.50. The molecule has 0 radical (unpaired) electrons. The standard InChI is InChI=1S/C17H23N5O/c1-12(14-7-5-6-10-19-14)23-22-16(18)15-9-8-13(11-20-15)21-17(2,3)4/h5-12,21H,1-4H3,(H2,18,22). The van der Waals surface area contributed by atoms with Crippen LogP contribution < -0.4 is 11.1 Å². The normalized spacial score (nSPS) is 13.5. The van der Waals surface area contributed by atoms with Crippen molar-refractivity contribution >= 4 is 11.5 Å². The maximum absolute atomic E-state index is 5.92. The number of nitrogens with zero attached hydrogens (tertiary/aromatic N) is 3. The Bertz CT molecular complexity index is 647. The van der Waals surface area contributed by atoms with Gasteiger partial charge in [-0.05, 0) is 52.0 Å². The van der Waals surface area contributed by atoms with Crippen molar-refractivity contribution in [3.8, 4) is 0 Å². The first kappa shape index (κ1) is 16.7. The van der Waals surface area contributed by atoms with Crippen LogP contribution >= 0.6 is 0 Å². The minimum absolute atomic E-state index is 0.0238. The molecule has 0 saturated carbocycles. The second kappa shape index (κ2) is 7.09. The van der Waals surface area contributed by atoms with Crippen molar-refractivity contribution in [1.29, 1.82) is 0 Å². The molecule has 2 aromatic heterocycles. The van der Waals surface area contributed by atoms with E-state index in [9.17, 15) is 0 Å². The molecule has 6 nitrogen and oxygen atoms in total. The Morgan fingerprint density at radius 2 is 2.00 bits per heavy atom. The summed E-state index contributed by atoms with van der Waals surface area (Å²) < 4.78 is 0. The van der Waals surface area contributed by atoms with E-state index in [1.54, 1.807) is 12.4 Å². The number of nitrogens with two attached hydrogens (primary N) is 1. The van der Waals surface area contributed by atoms with Gasteiger partial charge in [-0.3, -0.25) is 9.97 Å². The second-order valence-corrected chi connectivity index (χ2v) is 6.29. The molecule has 122 valence electrons. The first-order chi connectivity index (χ1) is 10.8. The number of amidine groups is 1. The van der Waals surface area contributed by atoms with Gasteiger partial charge in [-0.25, -0.2) is 0 Å². The predicted molar refractivity (Wildman–Crippen MR) is 92.1 cm³/mol. The van der Waals surface area contributed by atoms with Crippen LogP contribution in [0.1, 0.15) is 45.2 Å². The summed E-state index contributed by atoms with van der Waals surface area (Å²) in [5, 5.41) is 7.28. The maximum Gasteiger partial charge on any atom is 0.188 e. The molecule has 2 heterocycles. The average molecular weight is 313 g/mol. The number of anilines is 1. The van der Waals surface area contributed by atoms with Crippen molar-refractivity contribution < 1.29 is 4.84 Å². The van der Waals surface area contributed by atoms with Gasteiger partial charge < -0.3 is 15.9 Å². The highest BCUT2D eigenvalue weighted by molar-refractivity contribution is 5.95. The molecule has 0 bridgehead atoms. The highest BCUT2D eigenvalue weighted by Crippen LogP contribution is 2.15. The van der Waals surface area contributed by atoms with Gasteiger partial charge in [0.1, 0.15) is 5.69 Å². The van der Waals surface area contributed by atoms with Gasteiger partial charge in [-0.15, -0.1) is 0 Å². The highest BCUT2D eigenvalue weighted by atomic mass is 16.6. The summed E-state index contributed by atoms with van der Waals surface area (Å²) in [6.07, 6.45) is 3.16. The van der Waals surface area contributed by atoms with E-state index in [2.05, 4.69) is 41.2 Å². The van der Waals surface area contributed by atoms with E-state index in [0.717, 1.165) is 11.4 Å². The number of rotatable bonds is 5. The summed E-state index contributed by atoms with van der Waals surface area (Å²) in [5.41, 5.74) is 8.18. The molecule has 3 N–H and O–H groups in total. The van der Waals surface area contributed by atoms with E-state index in [4.69, 9.17) is 10.6 Å². The third-order valence-electron chi connectivity index (χ3n) is 2.96. The molecule has 23 heavy (non-hydrogen) atoms. The Morgan fingerprint density at radius 1 is 1.22 bits per heavy atom. The molecule has 0 amide bonds. The van der Waals surface area contributed by atoms with Gasteiger partial charge in [0.2, 0.25) is 0 Å². The minimum atomic E-state index is -0.281. The van der Waals surface area contributed by atoms with Crippen LogP contribution in [0.25, 0.3) is 0 Å². The van der Waals surface area contributed by atoms with Gasteiger partial charge in [0, 0.05) is 11.7 Å². The molecule has 1 atom stereocenters. The van der Waals surface area contributed by atoms with Crippen molar-refractivity contribution in [3.05, 3.63) is 54.1 Å². The summed E-state index contributed by atoms with van der Waals surface area (Å²) in [6.45, 7) is 8.12. The minimum Gasteiger partial charge on any atom is -0.384 e. The Labute approximate surface area is 136 Å². The zero-order valence-corrected chi connectivity index (χ0v) is 13.9. The molecular weight excluding hydrogens is 290 g/mol. The third kappa shape index (κ3) is 5.25. The number of hydrogen-bond donors (Lipinski definition) is 2. The zero-order chi connectivity index (χ0) is 16.9. The molecule has 2 rings (SSSR count). The molecule has 0 aliphatic carbocycles. The fourth-order valence-electron chi connectivity index (χ4n) is 1.91. The quantitative estimate of drug-likeness (QED) is 0.503. The molecule has 2 aromatic rings. The fourth-order valence-corrected chi connectivity index (χ4v) is 1.91. The number of oxime groups is 1. The van der Waals surface area contributed by atoms with Gasteiger partial charge in [0.05, 0.1) is 17.6 Å². The van der Waals surface area contributed by atoms with Crippen LogP contribution in [0, 0.1) is 0 Å². The number of hydrogen-bond acceptors (Lipinski definition) is 5. The van der Waals surface area contributed by atoms with Gasteiger partial charge in [0.15, 0.2) is 11.9 Å². The molecule has 0 spiro atoms. The molecule has 0 aliphatic heterocycles. The van der Waals surface area contributed by atoms with Crippen LogP contribution in [0.2, 0.25) is 0 Å². The number of nitrogens with one attached hydrogen (secondary N) is 1. The van der Waals surface area contributed by atoms with Crippen LogP contribution in [0.15, 0.2) is 47.9 Å². The molecule has 0 fully saturated rings. The summed E-state index contributed by atoms with van der Waals surface area (Å²) in [7, 11) is 0. The van der Waals surface area contributed by atoms with Crippen molar-refractivity contribution in [2.24, 2.45) is 10.9 Å². The van der Waals surface area contributed by atoms with Crippen LogP contribution in [0.5, 0.6) is 0 Å². The Kier molecular flexibility index (Phi) is 5.16. The summed E-state index contributed by atoms with van der Waals surface area (Å²) in [4.78, 5) is 13.9. The molecule has 6 heteroatoms. The SMILES string of the molecule is CC(O/N=C(\N)c1ccc(NC(C)(C)C)cn1)c1ccccn1. The van der Waals surface area contributed by atoms with Crippen molar-refractivity contribution in [3.63, 3.8) is 0 Å². The van der Waals surface area contributed by atoms with E-state index in [0.29, 0.717) is 5.69 Å².